The molecule has 2 aromatic rings. The molecule has 9 nitrogen and oxygen atoms in total. The average Bonchev–Trinajstić information content (AvgIpc) is 3.30. The van der Waals surface area contributed by atoms with Gasteiger partial charge in [-0.2, -0.15) is 5.10 Å². The highest BCUT2D eigenvalue weighted by atomic mass is 16.5. The molecule has 226 valence electrons. The number of carbonyl (C=O) groups excluding carboxylic acids is 3. The Bertz CT molecular complexity index is 1280. The molecule has 2 aliphatic heterocycles. The van der Waals surface area contributed by atoms with E-state index in [1.165, 1.54) is 32.1 Å². The highest BCUT2D eigenvalue weighted by Gasteiger charge is 2.61. The monoisotopic (exact) mass is 575 g/mol. The van der Waals surface area contributed by atoms with Gasteiger partial charge in [-0.25, -0.2) is 0 Å². The topological polar surface area (TPSA) is 96.8 Å². The first-order valence-electron chi connectivity index (χ1n) is 15.7. The summed E-state index contributed by atoms with van der Waals surface area (Å²) in [5.41, 5.74) is 1.27. The number of hydrogen-bond acceptors (Lipinski definition) is 5. The fraction of sp³-hybridized carbons (Fsp3) is 0.636. The largest absolute Gasteiger partial charge is 0.379 e. The van der Waals surface area contributed by atoms with Crippen LogP contribution in [-0.2, 0) is 20.9 Å². The van der Waals surface area contributed by atoms with E-state index in [2.05, 4.69) is 24.3 Å². The molecular formula is C33H45N5O4. The first-order chi connectivity index (χ1) is 20.2. The van der Waals surface area contributed by atoms with Crippen LogP contribution >= 0.6 is 0 Å². The molecule has 4 fully saturated rings. The smallest absolute Gasteiger partial charge is 0.257 e. The molecule has 2 aliphatic carbocycles. The maximum absolute atomic E-state index is 13.6. The molecule has 42 heavy (non-hydrogen) atoms. The van der Waals surface area contributed by atoms with Crippen LogP contribution in [0.25, 0.3) is 0 Å². The molecule has 6 rings (SSSR count). The molecule has 3 amide bonds. The number of nitrogens with zero attached hydrogens (tertiary/aromatic N) is 4. The van der Waals surface area contributed by atoms with E-state index in [0.717, 1.165) is 18.6 Å². The van der Waals surface area contributed by atoms with E-state index in [-0.39, 0.29) is 35.0 Å². The fourth-order valence-corrected chi connectivity index (χ4v) is 7.27. The van der Waals surface area contributed by atoms with Gasteiger partial charge in [0.2, 0.25) is 11.8 Å². The highest BCUT2D eigenvalue weighted by molar-refractivity contribution is 5.95. The molecule has 1 aromatic heterocycles. The average molecular weight is 576 g/mol. The summed E-state index contributed by atoms with van der Waals surface area (Å²) >= 11 is 0. The van der Waals surface area contributed by atoms with Crippen molar-refractivity contribution in [2.75, 3.05) is 45.9 Å². The van der Waals surface area contributed by atoms with Crippen LogP contribution in [0.1, 0.15) is 68.3 Å². The van der Waals surface area contributed by atoms with Gasteiger partial charge in [0.05, 0.1) is 30.8 Å². The molecule has 1 aromatic carbocycles. The summed E-state index contributed by atoms with van der Waals surface area (Å²) in [5.74, 6) is 0.360. The summed E-state index contributed by atoms with van der Waals surface area (Å²) in [6.07, 6.45) is 10.7. The van der Waals surface area contributed by atoms with Crippen LogP contribution in [0.5, 0.6) is 0 Å². The third kappa shape index (κ3) is 6.12. The first-order valence-corrected chi connectivity index (χ1v) is 15.7. The molecule has 3 heterocycles. The minimum Gasteiger partial charge on any atom is -0.379 e. The Morgan fingerprint density at radius 2 is 1.71 bits per heavy atom. The van der Waals surface area contributed by atoms with Crippen molar-refractivity contribution >= 4 is 17.7 Å². The standard InChI is InChI=1S/C33H45N5O4/c1-32(2)15-27(32)31(41)37-22-33(23-37)21-36(30(40)26-16-35-38(18-26)17-24-9-5-3-6-10-24)19-28(33)29(39)34-13-14-42-20-25-11-7-4-8-12-25/h3,5-6,9-10,16,18,25,27-28H,4,7-8,11-15,17,19-23H2,1-2H3,(H,34,39). The van der Waals surface area contributed by atoms with Crippen molar-refractivity contribution in [2.45, 2.75) is 58.9 Å². The summed E-state index contributed by atoms with van der Waals surface area (Å²) in [4.78, 5) is 43.9. The van der Waals surface area contributed by atoms with E-state index in [0.29, 0.717) is 57.4 Å². The second-order valence-corrected chi connectivity index (χ2v) is 13.8. The van der Waals surface area contributed by atoms with Crippen molar-refractivity contribution in [3.05, 3.63) is 53.9 Å². The van der Waals surface area contributed by atoms with Crippen LogP contribution in [0.3, 0.4) is 0 Å². The second kappa shape index (κ2) is 11.8. The number of hydrogen-bond donors (Lipinski definition) is 1. The van der Waals surface area contributed by atoms with Crippen molar-refractivity contribution in [2.24, 2.45) is 28.6 Å². The predicted octanol–water partition coefficient (Wildman–Crippen LogP) is 3.59. The van der Waals surface area contributed by atoms with Crippen LogP contribution in [0.15, 0.2) is 42.7 Å². The molecule has 0 bridgehead atoms. The van der Waals surface area contributed by atoms with Crippen molar-refractivity contribution in [3.8, 4) is 0 Å². The lowest BCUT2D eigenvalue weighted by molar-refractivity contribution is -0.151. The lowest BCUT2D eigenvalue weighted by Gasteiger charge is -2.50. The molecule has 1 N–H and O–H groups in total. The Balaban J connectivity index is 1.08. The quantitative estimate of drug-likeness (QED) is 0.437. The maximum atomic E-state index is 13.6. The Labute approximate surface area is 248 Å². The minimum absolute atomic E-state index is 0.0508. The van der Waals surface area contributed by atoms with Crippen LogP contribution in [-0.4, -0.2) is 83.2 Å². The molecule has 4 aliphatic rings. The van der Waals surface area contributed by atoms with E-state index in [1.54, 1.807) is 22.0 Å². The molecular weight excluding hydrogens is 530 g/mol. The molecule has 9 heteroatoms. The van der Waals surface area contributed by atoms with Gasteiger partial charge in [0.25, 0.3) is 5.91 Å². The predicted molar refractivity (Wildman–Crippen MR) is 158 cm³/mol. The van der Waals surface area contributed by atoms with Gasteiger partial charge in [-0.15, -0.1) is 0 Å². The molecule has 2 atom stereocenters. The zero-order valence-corrected chi connectivity index (χ0v) is 25.1. The third-order valence-corrected chi connectivity index (χ3v) is 10.1. The Hall–Kier alpha value is -3.20. The van der Waals surface area contributed by atoms with E-state index in [1.807, 2.05) is 35.2 Å². The van der Waals surface area contributed by atoms with Gasteiger partial charge < -0.3 is 19.9 Å². The molecule has 2 saturated heterocycles. The maximum Gasteiger partial charge on any atom is 0.257 e. The van der Waals surface area contributed by atoms with Gasteiger partial charge in [0, 0.05) is 56.9 Å². The summed E-state index contributed by atoms with van der Waals surface area (Å²) in [6.45, 7) is 8.40. The van der Waals surface area contributed by atoms with Gasteiger partial charge in [-0.3, -0.25) is 19.1 Å². The minimum atomic E-state index is -0.419. The number of nitrogens with one attached hydrogen (secondary N) is 1. The zero-order chi connectivity index (χ0) is 29.3. The Kier molecular flexibility index (Phi) is 8.13. The SMILES string of the molecule is CC1(C)CC1C(=O)N1CC2(CN(C(=O)c3cnn(Cc4ccccc4)c3)CC2C(=O)NCCOCC2CCCCC2)C1. The summed E-state index contributed by atoms with van der Waals surface area (Å²) in [5, 5.41) is 7.51. The first kappa shape index (κ1) is 28.9. The van der Waals surface area contributed by atoms with Crippen LogP contribution in [0.2, 0.25) is 0 Å². The molecule has 0 radical (unpaired) electrons. The number of ether oxygens (including phenoxy) is 1. The van der Waals surface area contributed by atoms with Crippen molar-refractivity contribution < 1.29 is 19.1 Å². The van der Waals surface area contributed by atoms with Gasteiger partial charge in [-0.1, -0.05) is 63.4 Å². The molecule has 1 spiro atoms. The van der Waals surface area contributed by atoms with Crippen molar-refractivity contribution in [1.29, 1.82) is 0 Å². The number of carbonyl (C=O) groups is 3. The molecule has 2 saturated carbocycles. The highest BCUT2D eigenvalue weighted by Crippen LogP contribution is 2.54. The lowest BCUT2D eigenvalue weighted by atomic mass is 9.71. The molecule has 2 unspecified atom stereocenters. The zero-order valence-electron chi connectivity index (χ0n) is 25.1. The number of aromatic nitrogens is 2. The van der Waals surface area contributed by atoms with Gasteiger partial charge in [0.15, 0.2) is 0 Å². The van der Waals surface area contributed by atoms with E-state index < -0.39 is 5.41 Å². The van der Waals surface area contributed by atoms with Crippen LogP contribution in [0.4, 0.5) is 0 Å². The third-order valence-electron chi connectivity index (χ3n) is 10.1. The summed E-state index contributed by atoms with van der Waals surface area (Å²) in [7, 11) is 0. The fourth-order valence-electron chi connectivity index (χ4n) is 7.27. The van der Waals surface area contributed by atoms with Crippen molar-refractivity contribution in [3.63, 3.8) is 0 Å². The normalized spacial score (nSPS) is 24.4. The van der Waals surface area contributed by atoms with Gasteiger partial charge >= 0.3 is 0 Å². The van der Waals surface area contributed by atoms with Crippen molar-refractivity contribution in [1.82, 2.24) is 24.9 Å². The number of amides is 3. The Morgan fingerprint density at radius 1 is 1.00 bits per heavy atom. The Morgan fingerprint density at radius 3 is 2.43 bits per heavy atom. The number of likely N-dealkylation sites (tertiary alicyclic amines) is 2. The van der Waals surface area contributed by atoms with Gasteiger partial charge in [-0.05, 0) is 36.2 Å². The van der Waals surface area contributed by atoms with Crippen LogP contribution < -0.4 is 5.32 Å². The summed E-state index contributed by atoms with van der Waals surface area (Å²) in [6, 6.07) is 10.0. The van der Waals surface area contributed by atoms with Crippen LogP contribution in [0, 0.1) is 28.6 Å². The van der Waals surface area contributed by atoms with E-state index in [4.69, 9.17) is 4.74 Å². The van der Waals surface area contributed by atoms with E-state index in [9.17, 15) is 14.4 Å². The summed E-state index contributed by atoms with van der Waals surface area (Å²) < 4.78 is 7.67. The second-order valence-electron chi connectivity index (χ2n) is 13.8. The number of benzene rings is 1. The lowest BCUT2D eigenvalue weighted by Crippen LogP contribution is -2.64. The van der Waals surface area contributed by atoms with Gasteiger partial charge in [0.1, 0.15) is 0 Å². The number of rotatable bonds is 10. The van der Waals surface area contributed by atoms with E-state index >= 15 is 0 Å².